The van der Waals surface area contributed by atoms with Gasteiger partial charge in [-0.1, -0.05) is 30.3 Å². The number of nitrogens with zero attached hydrogens (tertiary/aromatic N) is 2. The van der Waals surface area contributed by atoms with Gasteiger partial charge in [-0.3, -0.25) is 4.79 Å². The molecule has 1 amide bonds. The molecule has 4 nitrogen and oxygen atoms in total. The SMILES string of the molecule is C[C@H]1C[C@H](C(N)=O)c2ccccc2N1Cc1ccc(C#N)cc1. The average Bonchev–Trinajstić information content (AvgIpc) is 2.57. The second kappa shape index (κ2) is 6.13. The lowest BCUT2D eigenvalue weighted by molar-refractivity contribution is -0.119. The predicted octanol–water partition coefficient (Wildman–Crippen LogP) is 2.93. The first-order chi connectivity index (χ1) is 11.1. The topological polar surface area (TPSA) is 70.1 Å². The number of nitrogens with two attached hydrogens (primary N) is 1. The molecule has 0 unspecified atom stereocenters. The molecule has 1 heterocycles. The molecule has 2 N–H and O–H groups in total. The molecule has 0 aliphatic carbocycles. The van der Waals surface area contributed by atoms with Crippen LogP contribution < -0.4 is 10.6 Å². The van der Waals surface area contributed by atoms with Crippen LogP contribution in [0, 0.1) is 11.3 Å². The maximum Gasteiger partial charge on any atom is 0.225 e. The fourth-order valence-corrected chi connectivity index (χ4v) is 3.27. The van der Waals surface area contributed by atoms with E-state index in [1.165, 1.54) is 0 Å². The minimum absolute atomic E-state index is 0.220. The maximum atomic E-state index is 11.8. The number of carbonyl (C=O) groups is 1. The summed E-state index contributed by atoms with van der Waals surface area (Å²) in [6, 6.07) is 18.0. The Hall–Kier alpha value is -2.80. The number of hydrogen-bond donors (Lipinski definition) is 1. The fourth-order valence-electron chi connectivity index (χ4n) is 3.27. The van der Waals surface area contributed by atoms with Crippen LogP contribution in [0.15, 0.2) is 48.5 Å². The van der Waals surface area contributed by atoms with Crippen LogP contribution in [0.4, 0.5) is 5.69 Å². The average molecular weight is 305 g/mol. The summed E-state index contributed by atoms with van der Waals surface area (Å²) in [6.07, 6.45) is 0.725. The summed E-state index contributed by atoms with van der Waals surface area (Å²) in [5, 5.41) is 8.90. The Kier molecular flexibility index (Phi) is 4.03. The fraction of sp³-hybridized carbons (Fsp3) is 0.263. The summed E-state index contributed by atoms with van der Waals surface area (Å²) < 4.78 is 0. The van der Waals surface area contributed by atoms with Crippen LogP contribution in [-0.4, -0.2) is 11.9 Å². The first kappa shape index (κ1) is 15.1. The van der Waals surface area contributed by atoms with Crippen molar-refractivity contribution < 1.29 is 4.79 Å². The van der Waals surface area contributed by atoms with Gasteiger partial charge in [-0.2, -0.15) is 5.26 Å². The van der Waals surface area contributed by atoms with E-state index in [1.807, 2.05) is 48.5 Å². The van der Waals surface area contributed by atoms with Crippen molar-refractivity contribution in [1.82, 2.24) is 0 Å². The standard InChI is InChI=1S/C19H19N3O/c1-13-10-17(19(21)23)16-4-2-3-5-18(16)22(13)12-15-8-6-14(11-20)7-9-15/h2-9,13,17H,10,12H2,1H3,(H2,21,23)/t13-,17-/m0/s1. The van der Waals surface area contributed by atoms with Gasteiger partial charge in [-0.05, 0) is 42.7 Å². The van der Waals surface area contributed by atoms with Gasteiger partial charge in [0.25, 0.3) is 0 Å². The van der Waals surface area contributed by atoms with Crippen molar-refractivity contribution in [2.45, 2.75) is 31.8 Å². The number of rotatable bonds is 3. The van der Waals surface area contributed by atoms with Crippen LogP contribution in [-0.2, 0) is 11.3 Å². The minimum Gasteiger partial charge on any atom is -0.369 e. The lowest BCUT2D eigenvalue weighted by Crippen LogP contribution is -2.41. The number of anilines is 1. The molecule has 2 aromatic carbocycles. The Morgan fingerprint density at radius 2 is 1.96 bits per heavy atom. The van der Waals surface area contributed by atoms with E-state index >= 15 is 0 Å². The number of benzene rings is 2. The van der Waals surface area contributed by atoms with Crippen molar-refractivity contribution in [3.8, 4) is 6.07 Å². The Bertz CT molecular complexity index is 761. The van der Waals surface area contributed by atoms with E-state index in [0.717, 1.165) is 29.8 Å². The molecular formula is C19H19N3O. The van der Waals surface area contributed by atoms with Gasteiger partial charge in [0.15, 0.2) is 0 Å². The van der Waals surface area contributed by atoms with Crippen molar-refractivity contribution in [2.75, 3.05) is 4.90 Å². The molecule has 1 aliphatic heterocycles. The quantitative estimate of drug-likeness (QED) is 0.947. The molecular weight excluding hydrogens is 286 g/mol. The summed E-state index contributed by atoms with van der Waals surface area (Å²) in [5.41, 5.74) is 9.46. The third kappa shape index (κ3) is 2.91. The van der Waals surface area contributed by atoms with E-state index in [0.29, 0.717) is 5.56 Å². The molecule has 0 spiro atoms. The van der Waals surface area contributed by atoms with E-state index in [-0.39, 0.29) is 17.9 Å². The van der Waals surface area contributed by atoms with Gasteiger partial charge >= 0.3 is 0 Å². The number of fused-ring (bicyclic) bond motifs is 1. The van der Waals surface area contributed by atoms with Crippen LogP contribution in [0.3, 0.4) is 0 Å². The van der Waals surface area contributed by atoms with Crippen LogP contribution >= 0.6 is 0 Å². The van der Waals surface area contributed by atoms with Crippen LogP contribution in [0.1, 0.15) is 36.0 Å². The molecule has 4 heteroatoms. The number of amides is 1. The first-order valence-electron chi connectivity index (χ1n) is 7.74. The van der Waals surface area contributed by atoms with Gasteiger partial charge in [0.2, 0.25) is 5.91 Å². The van der Waals surface area contributed by atoms with Crippen molar-refractivity contribution in [3.63, 3.8) is 0 Å². The van der Waals surface area contributed by atoms with Crippen molar-refractivity contribution in [3.05, 3.63) is 65.2 Å². The molecule has 2 aromatic rings. The highest BCUT2D eigenvalue weighted by Crippen LogP contribution is 2.38. The molecule has 23 heavy (non-hydrogen) atoms. The molecule has 3 rings (SSSR count). The molecule has 116 valence electrons. The van der Waals surface area contributed by atoms with Gasteiger partial charge < -0.3 is 10.6 Å². The highest BCUT2D eigenvalue weighted by atomic mass is 16.1. The van der Waals surface area contributed by atoms with Gasteiger partial charge in [0, 0.05) is 18.3 Å². The molecule has 0 aromatic heterocycles. The van der Waals surface area contributed by atoms with Crippen LogP contribution in [0.2, 0.25) is 0 Å². The van der Waals surface area contributed by atoms with Crippen LogP contribution in [0.25, 0.3) is 0 Å². The third-order valence-corrected chi connectivity index (χ3v) is 4.51. The monoisotopic (exact) mass is 305 g/mol. The van der Waals surface area contributed by atoms with Crippen LogP contribution in [0.5, 0.6) is 0 Å². The summed E-state index contributed by atoms with van der Waals surface area (Å²) in [7, 11) is 0. The van der Waals surface area contributed by atoms with E-state index in [9.17, 15) is 4.79 Å². The number of carbonyl (C=O) groups excluding carboxylic acids is 1. The van der Waals surface area contributed by atoms with Gasteiger partial charge in [-0.15, -0.1) is 0 Å². The molecule has 0 radical (unpaired) electrons. The molecule has 0 saturated carbocycles. The van der Waals surface area contributed by atoms with Crippen molar-refractivity contribution in [2.24, 2.45) is 5.73 Å². The predicted molar refractivity (Wildman–Crippen MR) is 89.8 cm³/mol. The molecule has 1 aliphatic rings. The van der Waals surface area contributed by atoms with E-state index < -0.39 is 0 Å². The Morgan fingerprint density at radius 1 is 1.26 bits per heavy atom. The highest BCUT2D eigenvalue weighted by Gasteiger charge is 2.32. The number of nitriles is 1. The van der Waals surface area contributed by atoms with Gasteiger partial charge in [0.05, 0.1) is 17.6 Å². The zero-order chi connectivity index (χ0) is 16.4. The minimum atomic E-state index is -0.262. The van der Waals surface area contributed by atoms with E-state index in [4.69, 9.17) is 11.0 Å². The van der Waals surface area contributed by atoms with Gasteiger partial charge in [0.1, 0.15) is 0 Å². The number of hydrogen-bond acceptors (Lipinski definition) is 3. The van der Waals surface area contributed by atoms with E-state index in [1.54, 1.807) is 0 Å². The lowest BCUT2D eigenvalue weighted by Gasteiger charge is -2.40. The normalized spacial score (nSPS) is 19.7. The van der Waals surface area contributed by atoms with Gasteiger partial charge in [-0.25, -0.2) is 0 Å². The second-order valence-electron chi connectivity index (χ2n) is 6.04. The number of para-hydroxylation sites is 1. The smallest absolute Gasteiger partial charge is 0.225 e. The highest BCUT2D eigenvalue weighted by molar-refractivity contribution is 5.85. The molecule has 0 fully saturated rings. The lowest BCUT2D eigenvalue weighted by atomic mass is 9.85. The zero-order valence-electron chi connectivity index (χ0n) is 13.1. The number of primary amides is 1. The molecule has 2 atom stereocenters. The summed E-state index contributed by atoms with van der Waals surface area (Å²) in [5.74, 6) is -0.485. The Balaban J connectivity index is 1.93. The Labute approximate surface area is 136 Å². The zero-order valence-corrected chi connectivity index (χ0v) is 13.1. The van der Waals surface area contributed by atoms with Crippen molar-refractivity contribution >= 4 is 11.6 Å². The first-order valence-corrected chi connectivity index (χ1v) is 7.74. The second-order valence-corrected chi connectivity index (χ2v) is 6.04. The largest absolute Gasteiger partial charge is 0.369 e. The molecule has 0 bridgehead atoms. The summed E-state index contributed by atoms with van der Waals surface area (Å²) >= 11 is 0. The van der Waals surface area contributed by atoms with E-state index in [2.05, 4.69) is 17.9 Å². The molecule has 0 saturated heterocycles. The Morgan fingerprint density at radius 3 is 2.61 bits per heavy atom. The van der Waals surface area contributed by atoms with Crippen molar-refractivity contribution in [1.29, 1.82) is 5.26 Å². The summed E-state index contributed by atoms with van der Waals surface area (Å²) in [6.45, 7) is 2.87. The third-order valence-electron chi connectivity index (χ3n) is 4.51. The summed E-state index contributed by atoms with van der Waals surface area (Å²) in [4.78, 5) is 14.1. The maximum absolute atomic E-state index is 11.8.